The van der Waals surface area contributed by atoms with Crippen molar-refractivity contribution in [3.63, 3.8) is 0 Å². The molecule has 0 spiro atoms. The highest BCUT2D eigenvalue weighted by Crippen LogP contribution is 2.21. The molecule has 1 aliphatic heterocycles. The van der Waals surface area contributed by atoms with E-state index in [-0.39, 0.29) is 5.91 Å². The number of benzene rings is 1. The van der Waals surface area contributed by atoms with Crippen LogP contribution >= 0.6 is 15.9 Å². The Kier molecular flexibility index (Phi) is 5.43. The Morgan fingerprint density at radius 1 is 1.00 bits per heavy atom. The van der Waals surface area contributed by atoms with E-state index in [2.05, 4.69) is 62.2 Å². The molecule has 1 fully saturated rings. The number of carbonyl (C=O) groups is 1. The second-order valence-corrected chi connectivity index (χ2v) is 7.49. The van der Waals surface area contributed by atoms with Gasteiger partial charge < -0.3 is 14.2 Å². The molecule has 7 heteroatoms. The lowest BCUT2D eigenvalue weighted by atomic mass is 10.1. The Labute approximate surface area is 172 Å². The van der Waals surface area contributed by atoms with E-state index in [1.54, 1.807) is 17.0 Å². The summed E-state index contributed by atoms with van der Waals surface area (Å²) in [4.78, 5) is 16.4. The minimum absolute atomic E-state index is 0.0812. The zero-order valence-corrected chi connectivity index (χ0v) is 17.2. The maximum absolute atomic E-state index is 12.5. The molecule has 0 radical (unpaired) electrons. The first-order chi connectivity index (χ1) is 13.6. The average Bonchev–Trinajstić information content (AvgIpc) is 3.20. The molecule has 6 nitrogen and oxygen atoms in total. The molecular formula is C21H21BrN4O2. The van der Waals surface area contributed by atoms with Crippen LogP contribution < -0.4 is 4.90 Å². The summed E-state index contributed by atoms with van der Waals surface area (Å²) in [7, 11) is 0. The maximum Gasteiger partial charge on any atom is 0.289 e. The Morgan fingerprint density at radius 3 is 2.32 bits per heavy atom. The lowest BCUT2D eigenvalue weighted by Gasteiger charge is -2.34. The molecule has 1 aliphatic rings. The average molecular weight is 441 g/mol. The monoisotopic (exact) mass is 440 g/mol. The van der Waals surface area contributed by atoms with Crippen molar-refractivity contribution < 1.29 is 9.21 Å². The molecule has 1 saturated heterocycles. The van der Waals surface area contributed by atoms with E-state index < -0.39 is 0 Å². The molecule has 4 rings (SSSR count). The number of furan rings is 1. The van der Waals surface area contributed by atoms with E-state index in [0.29, 0.717) is 36.6 Å². The number of carbonyl (C=O) groups excluding carboxylic acids is 1. The third-order valence-electron chi connectivity index (χ3n) is 4.98. The number of anilines is 1. The van der Waals surface area contributed by atoms with Gasteiger partial charge in [0, 0.05) is 31.7 Å². The highest BCUT2D eigenvalue weighted by Gasteiger charge is 2.25. The number of hydrogen-bond acceptors (Lipinski definition) is 5. The molecule has 28 heavy (non-hydrogen) atoms. The van der Waals surface area contributed by atoms with Crippen LogP contribution in [0.1, 0.15) is 23.0 Å². The predicted molar refractivity (Wildman–Crippen MR) is 111 cm³/mol. The summed E-state index contributed by atoms with van der Waals surface area (Å²) in [6.07, 6.45) is 1.02. The molecule has 1 aromatic carbocycles. The predicted octanol–water partition coefficient (Wildman–Crippen LogP) is 4.02. The van der Waals surface area contributed by atoms with Crippen molar-refractivity contribution in [1.29, 1.82) is 0 Å². The number of halogens is 1. The lowest BCUT2D eigenvalue weighted by molar-refractivity contribution is 0.0713. The van der Waals surface area contributed by atoms with Gasteiger partial charge in [-0.05, 0) is 52.2 Å². The second-order valence-electron chi connectivity index (χ2n) is 6.71. The summed E-state index contributed by atoms with van der Waals surface area (Å²) in [6, 6.07) is 15.8. The number of piperazine rings is 1. The van der Waals surface area contributed by atoms with Gasteiger partial charge in [-0.25, -0.2) is 0 Å². The number of amides is 1. The van der Waals surface area contributed by atoms with E-state index in [1.807, 2.05) is 12.1 Å². The van der Waals surface area contributed by atoms with Gasteiger partial charge in [0.05, 0.1) is 5.69 Å². The van der Waals surface area contributed by atoms with Crippen LogP contribution in [0, 0.1) is 0 Å². The maximum atomic E-state index is 12.5. The zero-order valence-electron chi connectivity index (χ0n) is 15.6. The number of aromatic nitrogens is 2. The summed E-state index contributed by atoms with van der Waals surface area (Å²) in [6.45, 7) is 4.82. The summed E-state index contributed by atoms with van der Waals surface area (Å²) < 4.78 is 5.93. The third kappa shape index (κ3) is 3.94. The number of hydrogen-bond donors (Lipinski definition) is 0. The Bertz CT molecular complexity index is 945. The van der Waals surface area contributed by atoms with Gasteiger partial charge in [0.15, 0.2) is 16.2 Å². The summed E-state index contributed by atoms with van der Waals surface area (Å²) in [5, 5.41) is 8.79. The fourth-order valence-corrected chi connectivity index (χ4v) is 3.59. The molecule has 0 bridgehead atoms. The fraction of sp³-hybridized carbons (Fsp3) is 0.286. The van der Waals surface area contributed by atoms with Crippen molar-refractivity contribution >= 4 is 27.7 Å². The van der Waals surface area contributed by atoms with Crippen molar-refractivity contribution in [2.45, 2.75) is 13.3 Å². The SMILES string of the molecule is CCc1ccc(-c2ccc(N3CCN(C(=O)c4ccc(Br)o4)CC3)nn2)cc1. The van der Waals surface area contributed by atoms with Crippen LogP contribution in [0.2, 0.25) is 0 Å². The molecule has 0 aliphatic carbocycles. The van der Waals surface area contributed by atoms with Crippen LogP contribution in [0.4, 0.5) is 5.82 Å². The van der Waals surface area contributed by atoms with Crippen molar-refractivity contribution in [3.8, 4) is 11.3 Å². The van der Waals surface area contributed by atoms with Crippen molar-refractivity contribution in [1.82, 2.24) is 15.1 Å². The van der Waals surface area contributed by atoms with E-state index in [1.165, 1.54) is 5.56 Å². The zero-order chi connectivity index (χ0) is 19.5. The minimum Gasteiger partial charge on any atom is -0.444 e. The van der Waals surface area contributed by atoms with E-state index in [9.17, 15) is 4.79 Å². The van der Waals surface area contributed by atoms with Gasteiger partial charge in [0.2, 0.25) is 0 Å². The molecule has 0 unspecified atom stereocenters. The normalized spacial score (nSPS) is 14.4. The van der Waals surface area contributed by atoms with Crippen LogP contribution in [0.25, 0.3) is 11.3 Å². The van der Waals surface area contributed by atoms with Gasteiger partial charge in [0.1, 0.15) is 0 Å². The van der Waals surface area contributed by atoms with Crippen LogP contribution in [-0.4, -0.2) is 47.2 Å². The molecule has 144 valence electrons. The summed E-state index contributed by atoms with van der Waals surface area (Å²) >= 11 is 3.23. The van der Waals surface area contributed by atoms with Crippen molar-refractivity contribution in [2.24, 2.45) is 0 Å². The van der Waals surface area contributed by atoms with E-state index in [0.717, 1.165) is 23.5 Å². The quantitative estimate of drug-likeness (QED) is 0.612. The second kappa shape index (κ2) is 8.14. The summed E-state index contributed by atoms with van der Waals surface area (Å²) in [5.41, 5.74) is 3.24. The molecular weight excluding hydrogens is 420 g/mol. The van der Waals surface area contributed by atoms with Crippen LogP contribution in [0.3, 0.4) is 0 Å². The van der Waals surface area contributed by atoms with Crippen LogP contribution in [0.15, 0.2) is 57.6 Å². The largest absolute Gasteiger partial charge is 0.444 e. The van der Waals surface area contributed by atoms with Gasteiger partial charge in [-0.1, -0.05) is 31.2 Å². The Morgan fingerprint density at radius 2 is 1.75 bits per heavy atom. The minimum atomic E-state index is -0.0812. The Balaban J connectivity index is 1.38. The number of nitrogens with zero attached hydrogens (tertiary/aromatic N) is 4. The molecule has 3 aromatic rings. The first-order valence-electron chi connectivity index (χ1n) is 9.36. The first-order valence-corrected chi connectivity index (χ1v) is 10.2. The highest BCUT2D eigenvalue weighted by molar-refractivity contribution is 9.10. The molecule has 2 aromatic heterocycles. The standard InChI is InChI=1S/C21H21BrN4O2/c1-2-15-3-5-16(6-4-15)17-7-10-20(24-23-17)25-11-13-26(14-12-25)21(27)18-8-9-19(22)28-18/h3-10H,2,11-14H2,1H3. The van der Waals surface area contributed by atoms with E-state index >= 15 is 0 Å². The highest BCUT2D eigenvalue weighted by atomic mass is 79.9. The van der Waals surface area contributed by atoms with Crippen LogP contribution in [-0.2, 0) is 6.42 Å². The van der Waals surface area contributed by atoms with Gasteiger partial charge >= 0.3 is 0 Å². The topological polar surface area (TPSA) is 62.5 Å². The molecule has 0 saturated carbocycles. The fourth-order valence-electron chi connectivity index (χ4n) is 3.28. The molecule has 0 atom stereocenters. The van der Waals surface area contributed by atoms with Crippen molar-refractivity contribution in [3.05, 3.63) is 64.5 Å². The molecule has 1 amide bonds. The number of aryl methyl sites for hydroxylation is 1. The van der Waals surface area contributed by atoms with Crippen molar-refractivity contribution in [2.75, 3.05) is 31.1 Å². The number of rotatable bonds is 4. The Hall–Kier alpha value is -2.67. The van der Waals surface area contributed by atoms with Gasteiger partial charge in [-0.15, -0.1) is 10.2 Å². The first kappa shape index (κ1) is 18.7. The summed E-state index contributed by atoms with van der Waals surface area (Å²) in [5.74, 6) is 1.11. The van der Waals surface area contributed by atoms with E-state index in [4.69, 9.17) is 4.42 Å². The molecule has 0 N–H and O–H groups in total. The van der Waals surface area contributed by atoms with Gasteiger partial charge in [0.25, 0.3) is 5.91 Å². The smallest absolute Gasteiger partial charge is 0.289 e. The third-order valence-corrected chi connectivity index (χ3v) is 5.41. The lowest BCUT2D eigenvalue weighted by Crippen LogP contribution is -2.49. The van der Waals surface area contributed by atoms with Crippen LogP contribution in [0.5, 0.6) is 0 Å². The molecule has 3 heterocycles. The van der Waals surface area contributed by atoms with Gasteiger partial charge in [-0.3, -0.25) is 4.79 Å². The van der Waals surface area contributed by atoms with Gasteiger partial charge in [-0.2, -0.15) is 0 Å².